The molecule has 8 amide bonds. The summed E-state index contributed by atoms with van der Waals surface area (Å²) < 4.78 is 6.24. The van der Waals surface area contributed by atoms with Gasteiger partial charge in [0.2, 0.25) is 47.3 Å². The number of nitrogens with two attached hydrogens (primary N) is 1. The Morgan fingerprint density at radius 3 is 2.34 bits per heavy atom. The molecule has 0 aromatic rings. The lowest BCUT2D eigenvalue weighted by Gasteiger charge is -2.32. The maximum absolute atomic E-state index is 14.7. The molecule has 4 rings (SSSR count). The van der Waals surface area contributed by atoms with Crippen LogP contribution in [0.5, 0.6) is 0 Å². The van der Waals surface area contributed by atoms with E-state index in [1.807, 2.05) is 12.2 Å². The highest BCUT2D eigenvalue weighted by Gasteiger charge is 2.44. The summed E-state index contributed by atoms with van der Waals surface area (Å²) in [5, 5.41) is 53.7. The summed E-state index contributed by atoms with van der Waals surface area (Å²) in [4.78, 5) is 122. The fraction of sp³-hybridized carbons (Fsp3) is 0.681. The average molecular weight is 1020 g/mol. The van der Waals surface area contributed by atoms with Crippen molar-refractivity contribution >= 4 is 65.3 Å². The molecule has 1 fully saturated rings. The highest BCUT2D eigenvalue weighted by Crippen LogP contribution is 2.39. The highest BCUT2D eigenvalue weighted by atomic mass is 32.2. The van der Waals surface area contributed by atoms with Crippen LogP contribution < -0.4 is 48.3 Å². The zero-order chi connectivity index (χ0) is 52.7. The van der Waals surface area contributed by atoms with Gasteiger partial charge in [0.1, 0.15) is 36.2 Å². The summed E-state index contributed by atoms with van der Waals surface area (Å²) in [5.74, 6) is -7.96. The molecule has 23 nitrogen and oxygen atoms in total. The number of hydrogen-bond donors (Lipinski definition) is 12. The number of nitrogens with one attached hydrogen (secondary N) is 8. The van der Waals surface area contributed by atoms with Crippen LogP contribution in [-0.4, -0.2) is 174 Å². The maximum atomic E-state index is 14.7. The largest absolute Gasteiger partial charge is 0.493 e. The average Bonchev–Trinajstić information content (AvgIpc) is 3.90. The second-order valence-electron chi connectivity index (χ2n) is 19.4. The molecule has 4 aliphatic rings. The lowest BCUT2D eigenvalue weighted by atomic mass is 9.86. The number of carbonyl (C=O) groups is 9. The number of primary amides is 1. The maximum Gasteiger partial charge on any atom is 0.243 e. The van der Waals surface area contributed by atoms with Crippen LogP contribution in [0.2, 0.25) is 0 Å². The number of likely N-dealkylation sites (N-methyl/N-ethyl adjacent to an activating group) is 1. The molecule has 1 aliphatic carbocycles. The number of likely N-dealkylation sites (tertiary alicyclic amines) is 1. The number of ether oxygens (including phenoxy) is 1. The quantitative estimate of drug-likeness (QED) is 0.0576. The van der Waals surface area contributed by atoms with Gasteiger partial charge in [0, 0.05) is 37.0 Å². The highest BCUT2D eigenvalue weighted by molar-refractivity contribution is 8.03. The lowest BCUT2D eigenvalue weighted by Crippen LogP contribution is -2.61. The SMILES string of the molecule is CCCC(C)(C)COC1=CC2NC3=C(C[C@H](NC(=O)C(NC(=O)[C@@H]4C[C@@H](O)CN4C(=O)[C@H](CC(N)=O)NC)[C@@H](C)[C@@H](O)CO)C(=O)NCC(=O)NC([C@@H](C)CC)C(=O)NCC(=O)N[C@H](C=O)CS3)C2C=C1. The number of nitrogens with zero attached hydrogens (tertiary/aromatic N) is 1. The van der Waals surface area contributed by atoms with E-state index in [-0.39, 0.29) is 30.6 Å². The van der Waals surface area contributed by atoms with Crippen molar-refractivity contribution in [3.63, 3.8) is 0 Å². The van der Waals surface area contributed by atoms with Gasteiger partial charge in [-0.05, 0) is 42.5 Å². The molecule has 0 aromatic carbocycles. The molecule has 0 saturated carbocycles. The van der Waals surface area contributed by atoms with E-state index in [0.717, 1.165) is 29.5 Å². The first kappa shape index (κ1) is 58.0. The Labute approximate surface area is 418 Å². The summed E-state index contributed by atoms with van der Waals surface area (Å²) in [7, 11) is 1.41. The normalized spacial score (nSPS) is 26.7. The third-order valence-electron chi connectivity index (χ3n) is 13.2. The Hall–Kier alpha value is -5.56. The Bertz CT molecular complexity index is 2070. The van der Waals surface area contributed by atoms with E-state index >= 15 is 0 Å². The van der Waals surface area contributed by atoms with E-state index in [1.54, 1.807) is 19.9 Å². The van der Waals surface area contributed by atoms with E-state index < -0.39 is 146 Å². The predicted molar refractivity (Wildman–Crippen MR) is 261 cm³/mol. The molecule has 71 heavy (non-hydrogen) atoms. The van der Waals surface area contributed by atoms with Gasteiger partial charge in [0.15, 0.2) is 0 Å². The zero-order valence-corrected chi connectivity index (χ0v) is 42.4. The molecular formula is C47H74N10O13S. The van der Waals surface area contributed by atoms with Gasteiger partial charge in [-0.2, -0.15) is 0 Å². The van der Waals surface area contributed by atoms with Crippen molar-refractivity contribution in [1.82, 2.24) is 47.4 Å². The monoisotopic (exact) mass is 1020 g/mol. The van der Waals surface area contributed by atoms with Gasteiger partial charge in [0.05, 0.1) is 68.1 Å². The minimum atomic E-state index is -1.69. The summed E-state index contributed by atoms with van der Waals surface area (Å²) >= 11 is 1.16. The molecule has 12 atom stereocenters. The number of aliphatic hydroxyl groups is 3. The van der Waals surface area contributed by atoms with Crippen molar-refractivity contribution in [2.45, 2.75) is 135 Å². The van der Waals surface area contributed by atoms with E-state index in [9.17, 15) is 58.5 Å². The Morgan fingerprint density at radius 2 is 1.72 bits per heavy atom. The molecule has 0 aromatic heterocycles. The molecule has 0 spiro atoms. The van der Waals surface area contributed by atoms with Crippen LogP contribution in [-0.2, 0) is 47.9 Å². The van der Waals surface area contributed by atoms with Crippen LogP contribution in [0.25, 0.3) is 0 Å². The van der Waals surface area contributed by atoms with Crippen LogP contribution in [0.3, 0.4) is 0 Å². The van der Waals surface area contributed by atoms with Gasteiger partial charge >= 0.3 is 0 Å². The number of β-amino-alcohol motifs (C(OH)–C–C–N with tert-alkyl or cyclic N) is 1. The lowest BCUT2D eigenvalue weighted by molar-refractivity contribution is -0.142. The molecule has 24 heteroatoms. The van der Waals surface area contributed by atoms with Gasteiger partial charge in [-0.1, -0.05) is 60.5 Å². The number of carbonyl (C=O) groups excluding carboxylic acids is 9. The first-order chi connectivity index (χ1) is 33.6. The fourth-order valence-corrected chi connectivity index (χ4v) is 9.96. The third kappa shape index (κ3) is 16.2. The van der Waals surface area contributed by atoms with Crippen LogP contribution in [0.4, 0.5) is 0 Å². The van der Waals surface area contributed by atoms with Crippen molar-refractivity contribution in [1.29, 1.82) is 0 Å². The van der Waals surface area contributed by atoms with Crippen molar-refractivity contribution in [2.24, 2.45) is 28.9 Å². The van der Waals surface area contributed by atoms with Crippen LogP contribution in [0.15, 0.2) is 34.6 Å². The number of amides is 8. The number of aldehydes is 1. The van der Waals surface area contributed by atoms with Gasteiger partial charge in [-0.3, -0.25) is 38.4 Å². The van der Waals surface area contributed by atoms with Crippen LogP contribution in [0, 0.1) is 23.2 Å². The standard InChI is InChI=1S/C47H74N10O13S/c1-8-12-47(5,6)23-70-28-10-11-29-30-15-32(53-44(68)40(25(4)35(61)21-59)56-42(66)34-13-27(60)19-57(34)46(69)33(49-7)16-36(48)62)41(65)50-18-38(64)55-39(24(3)9-2)43(67)51-17-37(63)52-26(20-58)22-71-45(30)54-31(29)14-28/h10-11,14,20,24-27,29,31-35,39-40,49,54,59-61H,8-9,12-13,15-19,21-23H2,1-7H3,(H2,48,62)(H,50,65)(H,51,67)(H,52,63)(H,53,68)(H,55,64)(H,56,66)/t24-,25-,26+,27+,29?,31?,32-,33-,34-,35-,39?,40?/m0/s1. The van der Waals surface area contributed by atoms with Crippen LogP contribution >= 0.6 is 11.8 Å². The van der Waals surface area contributed by atoms with E-state index in [1.165, 1.54) is 14.0 Å². The van der Waals surface area contributed by atoms with Gasteiger partial charge in [-0.15, -0.1) is 11.8 Å². The zero-order valence-electron chi connectivity index (χ0n) is 41.6. The van der Waals surface area contributed by atoms with Crippen LogP contribution in [0.1, 0.15) is 80.1 Å². The van der Waals surface area contributed by atoms with Gasteiger partial charge < -0.3 is 78.0 Å². The molecule has 3 heterocycles. The van der Waals surface area contributed by atoms with E-state index in [0.29, 0.717) is 35.7 Å². The van der Waals surface area contributed by atoms with Crippen molar-refractivity contribution in [3.8, 4) is 0 Å². The number of allylic oxidation sites excluding steroid dienone is 1. The van der Waals surface area contributed by atoms with Gasteiger partial charge in [-0.25, -0.2) is 0 Å². The summed E-state index contributed by atoms with van der Waals surface area (Å²) in [6, 6.07) is -8.32. The number of fused-ring (bicyclic) bond motifs is 2. The molecule has 0 bridgehead atoms. The fourth-order valence-electron chi connectivity index (χ4n) is 8.83. The number of rotatable bonds is 19. The first-order valence-electron chi connectivity index (χ1n) is 24.1. The Morgan fingerprint density at radius 1 is 1.04 bits per heavy atom. The van der Waals surface area contributed by atoms with E-state index in [4.69, 9.17) is 10.5 Å². The minimum Gasteiger partial charge on any atom is -0.493 e. The predicted octanol–water partition coefficient (Wildman–Crippen LogP) is -2.95. The minimum absolute atomic E-state index is 0.00285. The molecule has 0 radical (unpaired) electrons. The molecular weight excluding hydrogens is 945 g/mol. The second kappa shape index (κ2) is 26.8. The van der Waals surface area contributed by atoms with Crippen molar-refractivity contribution in [3.05, 3.63) is 34.6 Å². The van der Waals surface area contributed by atoms with Crippen molar-refractivity contribution < 1.29 is 63.2 Å². The summed E-state index contributed by atoms with van der Waals surface area (Å²) in [5.41, 5.74) is 5.81. The smallest absolute Gasteiger partial charge is 0.243 e. The summed E-state index contributed by atoms with van der Waals surface area (Å²) in [6.45, 7) is 9.32. The molecule has 4 unspecified atom stereocenters. The van der Waals surface area contributed by atoms with E-state index in [2.05, 4.69) is 63.3 Å². The first-order valence-corrected chi connectivity index (χ1v) is 25.1. The molecule has 396 valence electrons. The number of aliphatic hydroxyl groups excluding tert-OH is 3. The van der Waals surface area contributed by atoms with Gasteiger partial charge in [0.25, 0.3) is 0 Å². The topological polar surface area (TPSA) is 349 Å². The molecule has 1 saturated heterocycles. The number of thioether (sulfide) groups is 1. The Kier molecular flexibility index (Phi) is 21.9. The third-order valence-corrected chi connectivity index (χ3v) is 14.4. The second-order valence-corrected chi connectivity index (χ2v) is 20.5. The molecule has 13 N–H and O–H groups in total. The summed E-state index contributed by atoms with van der Waals surface area (Å²) in [6.07, 6.45) is 4.78. The van der Waals surface area contributed by atoms with Crippen molar-refractivity contribution in [2.75, 3.05) is 45.6 Å². The Balaban J connectivity index is 1.75. The number of hydrogen-bond acceptors (Lipinski definition) is 16. The molecule has 3 aliphatic heterocycles.